The molecule has 1 unspecified atom stereocenters. The largest absolute Gasteiger partial charge is 0.480 e. The molecule has 2 rings (SSSR count). The van der Waals surface area contributed by atoms with Gasteiger partial charge < -0.3 is 5.11 Å². The summed E-state index contributed by atoms with van der Waals surface area (Å²) in [7, 11) is 0. The van der Waals surface area contributed by atoms with Crippen LogP contribution in [-0.2, 0) is 11.3 Å². The zero-order valence-electron chi connectivity index (χ0n) is 11.8. The second-order valence-corrected chi connectivity index (χ2v) is 6.14. The number of benzene rings is 1. The van der Waals surface area contributed by atoms with Crippen LogP contribution in [0.5, 0.6) is 0 Å². The number of aliphatic carboxylic acids is 1. The lowest BCUT2D eigenvalue weighted by Crippen LogP contribution is -2.62. The lowest BCUT2D eigenvalue weighted by Gasteiger charge is -2.47. The fourth-order valence-electron chi connectivity index (χ4n) is 3.16. The molecule has 0 aromatic heterocycles. The third kappa shape index (κ3) is 2.66. The van der Waals surface area contributed by atoms with Crippen molar-refractivity contribution in [3.05, 3.63) is 35.9 Å². The van der Waals surface area contributed by atoms with Gasteiger partial charge in [0.2, 0.25) is 0 Å². The van der Waals surface area contributed by atoms with Crippen LogP contribution in [0.4, 0.5) is 0 Å². The number of nitrogens with one attached hydrogen (secondary N) is 1. The average Bonchev–Trinajstić information content (AvgIpc) is 2.38. The first-order chi connectivity index (χ1) is 8.98. The standard InChI is InChI=1S/C16H23NO2/c1-15(2)10-6-7-11-16(15,14(18)19)17-12-13-8-4-3-5-9-13/h3-5,8-9,17H,6-7,10-12H2,1-2H3,(H,18,19). The van der Waals surface area contributed by atoms with Gasteiger partial charge in [-0.15, -0.1) is 0 Å². The van der Waals surface area contributed by atoms with Crippen molar-refractivity contribution in [2.45, 2.75) is 51.6 Å². The summed E-state index contributed by atoms with van der Waals surface area (Å²) in [5.41, 5.74) is 0.108. The molecule has 0 bridgehead atoms. The Hall–Kier alpha value is -1.35. The molecule has 3 nitrogen and oxygen atoms in total. The summed E-state index contributed by atoms with van der Waals surface area (Å²) in [6.45, 7) is 4.74. The molecule has 3 heteroatoms. The van der Waals surface area contributed by atoms with Crippen molar-refractivity contribution in [3.8, 4) is 0 Å². The maximum absolute atomic E-state index is 11.9. The SMILES string of the molecule is CC1(C)CCCCC1(NCc1ccccc1)C(=O)O. The van der Waals surface area contributed by atoms with Gasteiger partial charge in [-0.2, -0.15) is 0 Å². The summed E-state index contributed by atoms with van der Waals surface area (Å²) < 4.78 is 0. The second-order valence-electron chi connectivity index (χ2n) is 6.14. The molecule has 1 aromatic rings. The van der Waals surface area contributed by atoms with Crippen molar-refractivity contribution < 1.29 is 9.90 Å². The molecule has 1 aliphatic carbocycles. The average molecular weight is 261 g/mol. The highest BCUT2D eigenvalue weighted by Gasteiger charge is 2.52. The Balaban J connectivity index is 2.18. The Kier molecular flexibility index (Phi) is 3.95. The van der Waals surface area contributed by atoms with E-state index in [1.807, 2.05) is 30.3 Å². The van der Waals surface area contributed by atoms with E-state index in [0.717, 1.165) is 24.8 Å². The number of hydrogen-bond acceptors (Lipinski definition) is 2. The van der Waals surface area contributed by atoms with Crippen molar-refractivity contribution in [1.29, 1.82) is 0 Å². The molecule has 104 valence electrons. The Labute approximate surface area is 115 Å². The number of carbonyl (C=O) groups is 1. The number of carboxylic acid groups (broad SMARTS) is 1. The Morgan fingerprint density at radius 3 is 2.42 bits per heavy atom. The second kappa shape index (κ2) is 5.33. The van der Waals surface area contributed by atoms with Gasteiger partial charge in [0.1, 0.15) is 5.54 Å². The van der Waals surface area contributed by atoms with Crippen molar-refractivity contribution in [2.24, 2.45) is 5.41 Å². The molecule has 1 atom stereocenters. The van der Waals surface area contributed by atoms with Crippen molar-refractivity contribution in [1.82, 2.24) is 5.32 Å². The van der Waals surface area contributed by atoms with Gasteiger partial charge >= 0.3 is 5.97 Å². The molecule has 0 aliphatic heterocycles. The third-order valence-electron chi connectivity index (χ3n) is 4.56. The lowest BCUT2D eigenvalue weighted by atomic mass is 9.63. The van der Waals surface area contributed by atoms with Gasteiger partial charge in [-0.3, -0.25) is 10.1 Å². The molecule has 0 heterocycles. The van der Waals surface area contributed by atoms with E-state index in [0.29, 0.717) is 13.0 Å². The van der Waals surface area contributed by atoms with Crippen LogP contribution in [0.1, 0.15) is 45.1 Å². The van der Waals surface area contributed by atoms with E-state index in [1.165, 1.54) is 0 Å². The molecule has 1 aromatic carbocycles. The number of carboxylic acids is 1. The first kappa shape index (κ1) is 14.1. The van der Waals surface area contributed by atoms with Gasteiger partial charge in [-0.25, -0.2) is 0 Å². The van der Waals surface area contributed by atoms with Crippen LogP contribution in [0, 0.1) is 5.41 Å². The smallest absolute Gasteiger partial charge is 0.324 e. The molecule has 1 fully saturated rings. The molecule has 1 aliphatic rings. The summed E-state index contributed by atoms with van der Waals surface area (Å²) in [4.78, 5) is 11.9. The molecule has 2 N–H and O–H groups in total. The van der Waals surface area contributed by atoms with E-state index in [4.69, 9.17) is 0 Å². The minimum atomic E-state index is -0.804. The fraction of sp³-hybridized carbons (Fsp3) is 0.562. The number of hydrogen-bond donors (Lipinski definition) is 2. The van der Waals surface area contributed by atoms with Crippen LogP contribution in [0.2, 0.25) is 0 Å². The fourth-order valence-corrected chi connectivity index (χ4v) is 3.16. The zero-order chi connectivity index (χ0) is 13.9. The quantitative estimate of drug-likeness (QED) is 0.875. The molecule has 19 heavy (non-hydrogen) atoms. The van der Waals surface area contributed by atoms with Crippen molar-refractivity contribution >= 4 is 5.97 Å². The summed E-state index contributed by atoms with van der Waals surface area (Å²) >= 11 is 0. The van der Waals surface area contributed by atoms with Gasteiger partial charge in [0.05, 0.1) is 0 Å². The Bertz CT molecular complexity index is 441. The Morgan fingerprint density at radius 2 is 1.84 bits per heavy atom. The summed E-state index contributed by atoms with van der Waals surface area (Å²) in [6, 6.07) is 9.99. The van der Waals surface area contributed by atoms with E-state index >= 15 is 0 Å². The van der Waals surface area contributed by atoms with Gasteiger partial charge in [0.15, 0.2) is 0 Å². The van der Waals surface area contributed by atoms with Crippen molar-refractivity contribution in [3.63, 3.8) is 0 Å². The molecule has 0 amide bonds. The van der Waals surface area contributed by atoms with E-state index in [9.17, 15) is 9.90 Å². The van der Waals surface area contributed by atoms with E-state index in [2.05, 4.69) is 19.2 Å². The van der Waals surface area contributed by atoms with Gasteiger partial charge in [-0.05, 0) is 23.8 Å². The van der Waals surface area contributed by atoms with Crippen LogP contribution in [0.15, 0.2) is 30.3 Å². The summed E-state index contributed by atoms with van der Waals surface area (Å²) in [5.74, 6) is -0.715. The summed E-state index contributed by atoms with van der Waals surface area (Å²) in [5, 5.41) is 13.1. The molecule has 0 saturated heterocycles. The van der Waals surface area contributed by atoms with Gasteiger partial charge in [-0.1, -0.05) is 57.0 Å². The van der Waals surface area contributed by atoms with Crippen molar-refractivity contribution in [2.75, 3.05) is 0 Å². The normalized spacial score (nSPS) is 26.0. The highest BCUT2D eigenvalue weighted by atomic mass is 16.4. The maximum atomic E-state index is 11.9. The molecule has 0 spiro atoms. The number of rotatable bonds is 4. The first-order valence-corrected chi connectivity index (χ1v) is 7.00. The van der Waals surface area contributed by atoms with E-state index < -0.39 is 11.5 Å². The molecular formula is C16H23NO2. The van der Waals surface area contributed by atoms with Crippen LogP contribution in [0.25, 0.3) is 0 Å². The third-order valence-corrected chi connectivity index (χ3v) is 4.56. The minimum absolute atomic E-state index is 0.216. The molecular weight excluding hydrogens is 238 g/mol. The monoisotopic (exact) mass is 261 g/mol. The predicted molar refractivity (Wildman–Crippen MR) is 75.9 cm³/mol. The van der Waals surface area contributed by atoms with E-state index in [1.54, 1.807) is 0 Å². The van der Waals surface area contributed by atoms with Crippen LogP contribution in [-0.4, -0.2) is 16.6 Å². The van der Waals surface area contributed by atoms with Crippen LogP contribution >= 0.6 is 0 Å². The highest BCUT2D eigenvalue weighted by molar-refractivity contribution is 5.80. The topological polar surface area (TPSA) is 49.3 Å². The Morgan fingerprint density at radius 1 is 1.21 bits per heavy atom. The van der Waals surface area contributed by atoms with Gasteiger partial charge in [0, 0.05) is 6.54 Å². The molecule has 1 saturated carbocycles. The zero-order valence-corrected chi connectivity index (χ0v) is 11.8. The lowest BCUT2D eigenvalue weighted by molar-refractivity contribution is -0.153. The van der Waals surface area contributed by atoms with E-state index in [-0.39, 0.29) is 5.41 Å². The van der Waals surface area contributed by atoms with Crippen LogP contribution in [0.3, 0.4) is 0 Å². The van der Waals surface area contributed by atoms with Gasteiger partial charge in [0.25, 0.3) is 0 Å². The minimum Gasteiger partial charge on any atom is -0.480 e. The summed E-state index contributed by atoms with van der Waals surface area (Å²) in [6.07, 6.45) is 3.77. The highest BCUT2D eigenvalue weighted by Crippen LogP contribution is 2.44. The first-order valence-electron chi connectivity index (χ1n) is 7.00. The van der Waals surface area contributed by atoms with Crippen LogP contribution < -0.4 is 5.32 Å². The predicted octanol–water partition coefficient (Wildman–Crippen LogP) is 3.20. The molecule has 0 radical (unpaired) electrons. The maximum Gasteiger partial charge on any atom is 0.324 e.